The summed E-state index contributed by atoms with van der Waals surface area (Å²) in [6, 6.07) is 19.0. The van der Waals surface area contributed by atoms with Gasteiger partial charge in [0.1, 0.15) is 18.3 Å². The van der Waals surface area contributed by atoms with Gasteiger partial charge < -0.3 is 19.2 Å². The van der Waals surface area contributed by atoms with E-state index in [1.807, 2.05) is 30.3 Å². The molecule has 3 rings (SSSR count). The van der Waals surface area contributed by atoms with Gasteiger partial charge in [0.15, 0.2) is 5.76 Å². The second-order valence-electron chi connectivity index (χ2n) is 6.69. The maximum Gasteiger partial charge on any atom is 0.337 e. The molecule has 3 aromatic rings. The fraction of sp³-hybridized carbons (Fsp3) is 0.217. The van der Waals surface area contributed by atoms with Crippen LogP contribution in [0.1, 0.15) is 45.0 Å². The van der Waals surface area contributed by atoms with E-state index in [0.29, 0.717) is 23.9 Å². The molecule has 0 aliphatic rings. The zero-order valence-electron chi connectivity index (χ0n) is 16.7. The fourth-order valence-corrected chi connectivity index (χ4v) is 3.07. The van der Waals surface area contributed by atoms with Crippen LogP contribution in [0.4, 0.5) is 0 Å². The first kappa shape index (κ1) is 20.4. The number of hydrogen-bond donors (Lipinski definition) is 1. The zero-order valence-corrected chi connectivity index (χ0v) is 16.7. The molecule has 2 aromatic carbocycles. The van der Waals surface area contributed by atoms with Crippen molar-refractivity contribution in [3.8, 4) is 11.3 Å². The maximum atomic E-state index is 12.0. The molecule has 0 radical (unpaired) electrons. The van der Waals surface area contributed by atoms with Crippen LogP contribution in [0.25, 0.3) is 11.3 Å². The normalized spacial score (nSPS) is 11.7. The molecule has 0 aliphatic heterocycles. The molecule has 0 aliphatic carbocycles. The third-order valence-corrected chi connectivity index (χ3v) is 4.72. The molecule has 29 heavy (non-hydrogen) atoms. The highest BCUT2D eigenvalue weighted by atomic mass is 16.5. The van der Waals surface area contributed by atoms with E-state index in [1.54, 1.807) is 12.1 Å². The number of methoxy groups -OCH3 is 2. The Balaban J connectivity index is 1.80. The summed E-state index contributed by atoms with van der Waals surface area (Å²) in [5, 5.41) is 2.18. The largest absolute Gasteiger partial charge is 0.465 e. The smallest absolute Gasteiger partial charge is 0.337 e. The Morgan fingerprint density at radius 3 is 2.14 bits per heavy atom. The van der Waals surface area contributed by atoms with Crippen molar-refractivity contribution < 1.29 is 28.8 Å². The average molecular weight is 394 g/mol. The van der Waals surface area contributed by atoms with Gasteiger partial charge in [-0.15, -0.1) is 0 Å². The monoisotopic (exact) mass is 394 g/mol. The maximum absolute atomic E-state index is 12.0. The zero-order chi connectivity index (χ0) is 20.8. The third-order valence-electron chi connectivity index (χ3n) is 4.72. The van der Waals surface area contributed by atoms with Crippen molar-refractivity contribution in [1.82, 2.24) is 0 Å². The number of nitrogens with two attached hydrogens (primary N) is 1. The van der Waals surface area contributed by atoms with E-state index < -0.39 is 11.9 Å². The summed E-state index contributed by atoms with van der Waals surface area (Å²) in [4.78, 5) is 23.9. The molecule has 150 valence electrons. The number of benzene rings is 2. The van der Waals surface area contributed by atoms with Crippen molar-refractivity contribution in [3.05, 3.63) is 83.1 Å². The molecule has 0 unspecified atom stereocenters. The number of carbonyl (C=O) groups is 2. The van der Waals surface area contributed by atoms with Crippen LogP contribution in [0.15, 0.2) is 65.1 Å². The molecule has 1 atom stereocenters. The molecule has 2 N–H and O–H groups in total. The van der Waals surface area contributed by atoms with Gasteiger partial charge in [0, 0.05) is 11.1 Å². The van der Waals surface area contributed by atoms with Gasteiger partial charge in [0.2, 0.25) is 0 Å². The Morgan fingerprint density at radius 2 is 1.55 bits per heavy atom. The summed E-state index contributed by atoms with van der Waals surface area (Å²) in [5.41, 5.74) is 2.36. The first-order valence-electron chi connectivity index (χ1n) is 9.31. The van der Waals surface area contributed by atoms with E-state index in [9.17, 15) is 9.59 Å². The first-order valence-corrected chi connectivity index (χ1v) is 9.31. The van der Waals surface area contributed by atoms with E-state index in [0.717, 1.165) is 5.76 Å². The lowest BCUT2D eigenvalue weighted by Crippen LogP contribution is -2.82. The highest BCUT2D eigenvalue weighted by molar-refractivity contribution is 5.97. The van der Waals surface area contributed by atoms with Gasteiger partial charge in [0.25, 0.3) is 0 Å². The summed E-state index contributed by atoms with van der Waals surface area (Å²) in [7, 11) is 2.59. The van der Waals surface area contributed by atoms with Crippen LogP contribution < -0.4 is 5.32 Å². The van der Waals surface area contributed by atoms with E-state index >= 15 is 0 Å². The van der Waals surface area contributed by atoms with Crippen LogP contribution >= 0.6 is 0 Å². The minimum atomic E-state index is -0.534. The molecule has 1 aromatic heterocycles. The number of rotatable bonds is 7. The predicted octanol–water partition coefficient (Wildman–Crippen LogP) is 3.34. The Hall–Kier alpha value is -3.38. The summed E-state index contributed by atoms with van der Waals surface area (Å²) in [5.74, 6) is 0.296. The Bertz CT molecular complexity index is 959. The van der Waals surface area contributed by atoms with Gasteiger partial charge in [-0.2, -0.15) is 0 Å². The third kappa shape index (κ3) is 4.92. The number of ether oxygens (including phenoxy) is 2. The van der Waals surface area contributed by atoms with E-state index in [2.05, 4.69) is 24.4 Å². The van der Waals surface area contributed by atoms with Gasteiger partial charge in [-0.1, -0.05) is 30.3 Å². The van der Waals surface area contributed by atoms with Crippen LogP contribution in [-0.2, 0) is 16.0 Å². The standard InChI is InChI=1S/C23H23NO5/c1-15(16-7-5-4-6-8-16)24-14-20-9-10-21(29-20)17-11-18(22(25)27-2)13-19(12-17)23(26)28-3/h4-13,15,24H,14H2,1-3H3/p+1/t15-/m0/s1. The van der Waals surface area contributed by atoms with Crippen molar-refractivity contribution in [2.75, 3.05) is 14.2 Å². The van der Waals surface area contributed by atoms with Gasteiger partial charge in [0.05, 0.1) is 25.3 Å². The van der Waals surface area contributed by atoms with E-state index in [4.69, 9.17) is 13.9 Å². The fourth-order valence-electron chi connectivity index (χ4n) is 3.07. The lowest BCUT2D eigenvalue weighted by atomic mass is 10.0. The second-order valence-corrected chi connectivity index (χ2v) is 6.69. The summed E-state index contributed by atoms with van der Waals surface area (Å²) >= 11 is 0. The molecule has 1 heterocycles. The van der Waals surface area contributed by atoms with Crippen molar-refractivity contribution >= 4 is 11.9 Å². The van der Waals surface area contributed by atoms with Crippen LogP contribution in [-0.4, -0.2) is 26.2 Å². The molecule has 0 saturated carbocycles. The Kier molecular flexibility index (Phi) is 6.46. The first-order chi connectivity index (χ1) is 14.0. The predicted molar refractivity (Wildman–Crippen MR) is 107 cm³/mol. The molecule has 0 saturated heterocycles. The van der Waals surface area contributed by atoms with Gasteiger partial charge in [-0.05, 0) is 37.3 Å². The van der Waals surface area contributed by atoms with Gasteiger partial charge >= 0.3 is 11.9 Å². The van der Waals surface area contributed by atoms with Crippen molar-refractivity contribution in [2.24, 2.45) is 0 Å². The highest BCUT2D eigenvalue weighted by Gasteiger charge is 2.17. The van der Waals surface area contributed by atoms with Gasteiger partial charge in [-0.25, -0.2) is 9.59 Å². The molecule has 0 fully saturated rings. The van der Waals surface area contributed by atoms with E-state index in [-0.39, 0.29) is 11.1 Å². The molecular weight excluding hydrogens is 370 g/mol. The number of carbonyl (C=O) groups excluding carboxylic acids is 2. The summed E-state index contributed by atoms with van der Waals surface area (Å²) < 4.78 is 15.5. The summed E-state index contributed by atoms with van der Waals surface area (Å²) in [6.45, 7) is 2.80. The SMILES string of the molecule is COC(=O)c1cc(C(=O)OC)cc(-c2ccc(C[NH2+][C@@H](C)c3ccccc3)o2)c1. The molecular formula is C23H24NO5+. The minimum absolute atomic E-state index is 0.257. The second kappa shape index (κ2) is 9.21. The van der Waals surface area contributed by atoms with Crippen molar-refractivity contribution in [1.29, 1.82) is 0 Å². The number of esters is 2. The van der Waals surface area contributed by atoms with Crippen LogP contribution in [0.2, 0.25) is 0 Å². The molecule has 6 nitrogen and oxygen atoms in total. The average Bonchev–Trinajstić information content (AvgIpc) is 3.25. The summed E-state index contributed by atoms with van der Waals surface area (Å²) in [6.07, 6.45) is 0. The number of quaternary nitrogens is 1. The van der Waals surface area contributed by atoms with Crippen LogP contribution in [0.5, 0.6) is 0 Å². The van der Waals surface area contributed by atoms with Crippen LogP contribution in [0, 0.1) is 0 Å². The Morgan fingerprint density at radius 1 is 0.931 bits per heavy atom. The minimum Gasteiger partial charge on any atom is -0.465 e. The lowest BCUT2D eigenvalue weighted by Gasteiger charge is -2.09. The number of hydrogen-bond acceptors (Lipinski definition) is 5. The van der Waals surface area contributed by atoms with Crippen LogP contribution in [0.3, 0.4) is 0 Å². The number of furan rings is 1. The molecule has 0 bridgehead atoms. The molecule has 0 amide bonds. The van der Waals surface area contributed by atoms with Crippen molar-refractivity contribution in [2.45, 2.75) is 19.5 Å². The Labute approximate surface area is 169 Å². The topological polar surface area (TPSA) is 82.4 Å². The molecule has 6 heteroatoms. The molecule has 0 spiro atoms. The van der Waals surface area contributed by atoms with Crippen molar-refractivity contribution in [3.63, 3.8) is 0 Å². The quantitative estimate of drug-likeness (QED) is 0.622. The highest BCUT2D eigenvalue weighted by Crippen LogP contribution is 2.25. The van der Waals surface area contributed by atoms with E-state index in [1.165, 1.54) is 25.8 Å². The lowest BCUT2D eigenvalue weighted by molar-refractivity contribution is -0.709. The van der Waals surface area contributed by atoms with Gasteiger partial charge in [-0.3, -0.25) is 0 Å².